The van der Waals surface area contributed by atoms with E-state index < -0.39 is 56.5 Å². The number of rotatable bonds is 7. The normalized spacial score (nSPS) is 15.1. The molecule has 0 aromatic heterocycles. The molecular formula is C22H22F3N3O7S. The van der Waals surface area contributed by atoms with Crippen molar-refractivity contribution in [3.8, 4) is 0 Å². The Bertz CT molecular complexity index is 1260. The van der Waals surface area contributed by atoms with Crippen molar-refractivity contribution in [3.63, 3.8) is 0 Å². The first kappa shape index (κ1) is 27.1. The summed E-state index contributed by atoms with van der Waals surface area (Å²) in [6.45, 7) is -0.180. The third kappa shape index (κ3) is 6.57. The van der Waals surface area contributed by atoms with Gasteiger partial charge in [0.2, 0.25) is 10.0 Å². The zero-order chi connectivity index (χ0) is 26.5. The van der Waals surface area contributed by atoms with Crippen LogP contribution in [0.2, 0.25) is 0 Å². The maximum absolute atomic E-state index is 12.9. The van der Waals surface area contributed by atoms with E-state index in [1.54, 1.807) is 0 Å². The quantitative estimate of drug-likeness (QED) is 0.326. The van der Waals surface area contributed by atoms with Crippen molar-refractivity contribution in [3.05, 3.63) is 63.7 Å². The second-order valence-electron chi connectivity index (χ2n) is 7.96. The number of halogens is 3. The first-order valence-corrected chi connectivity index (χ1v) is 12.3. The molecule has 0 aliphatic carbocycles. The van der Waals surface area contributed by atoms with Crippen LogP contribution in [0.5, 0.6) is 0 Å². The van der Waals surface area contributed by atoms with E-state index in [-0.39, 0.29) is 16.5 Å². The molecule has 0 bridgehead atoms. The van der Waals surface area contributed by atoms with Crippen LogP contribution in [-0.2, 0) is 25.7 Å². The molecule has 1 aliphatic rings. The number of nitro benzene ring substituents is 1. The molecule has 1 saturated heterocycles. The van der Waals surface area contributed by atoms with Crippen LogP contribution in [0.25, 0.3) is 0 Å². The van der Waals surface area contributed by atoms with E-state index in [1.165, 1.54) is 22.5 Å². The van der Waals surface area contributed by atoms with Crippen LogP contribution in [0, 0.1) is 10.1 Å². The van der Waals surface area contributed by atoms with Crippen LogP contribution in [-0.4, -0.2) is 49.2 Å². The number of amides is 1. The van der Waals surface area contributed by atoms with Gasteiger partial charge in [0.15, 0.2) is 6.61 Å². The molecular weight excluding hydrogens is 507 g/mol. The molecule has 1 N–H and O–H groups in total. The number of esters is 1. The van der Waals surface area contributed by atoms with Gasteiger partial charge in [0.25, 0.3) is 11.6 Å². The highest BCUT2D eigenvalue weighted by molar-refractivity contribution is 7.89. The summed E-state index contributed by atoms with van der Waals surface area (Å²) in [6, 6.07) is 6.67. The van der Waals surface area contributed by atoms with Crippen LogP contribution < -0.4 is 5.32 Å². The van der Waals surface area contributed by atoms with Gasteiger partial charge in [-0.05, 0) is 43.2 Å². The summed E-state index contributed by atoms with van der Waals surface area (Å²) >= 11 is 0. The van der Waals surface area contributed by atoms with Crippen LogP contribution in [0.15, 0.2) is 47.4 Å². The van der Waals surface area contributed by atoms with Gasteiger partial charge < -0.3 is 10.1 Å². The van der Waals surface area contributed by atoms with Crippen molar-refractivity contribution >= 4 is 33.3 Å². The third-order valence-electron chi connectivity index (χ3n) is 5.40. The Labute approximate surface area is 204 Å². The van der Waals surface area contributed by atoms with Gasteiger partial charge in [0.05, 0.1) is 20.9 Å². The number of carbonyl (C=O) groups is 2. The molecule has 36 heavy (non-hydrogen) atoms. The molecule has 194 valence electrons. The van der Waals surface area contributed by atoms with E-state index in [1.807, 2.05) is 5.32 Å². The molecule has 14 heteroatoms. The third-order valence-corrected chi connectivity index (χ3v) is 7.30. The fourth-order valence-corrected chi connectivity index (χ4v) is 5.14. The fraction of sp³-hybridized carbons (Fsp3) is 0.364. The lowest BCUT2D eigenvalue weighted by Crippen LogP contribution is -2.32. The van der Waals surface area contributed by atoms with Crippen molar-refractivity contribution in [2.75, 3.05) is 25.0 Å². The molecule has 0 atom stereocenters. The van der Waals surface area contributed by atoms with Crippen LogP contribution in [0.3, 0.4) is 0 Å². The number of nitrogens with one attached hydrogen (secondary N) is 1. The summed E-state index contributed by atoms with van der Waals surface area (Å²) < 4.78 is 70.5. The van der Waals surface area contributed by atoms with E-state index >= 15 is 0 Å². The van der Waals surface area contributed by atoms with E-state index in [9.17, 15) is 41.3 Å². The molecule has 0 unspecified atom stereocenters. The second-order valence-corrected chi connectivity index (χ2v) is 9.90. The van der Waals surface area contributed by atoms with Gasteiger partial charge in [-0.1, -0.05) is 18.9 Å². The molecule has 10 nitrogen and oxygen atoms in total. The van der Waals surface area contributed by atoms with E-state index in [0.717, 1.165) is 37.8 Å². The summed E-state index contributed by atoms with van der Waals surface area (Å²) in [6.07, 6.45) is -1.51. The zero-order valence-corrected chi connectivity index (χ0v) is 19.6. The van der Waals surface area contributed by atoms with Crippen LogP contribution in [0.4, 0.5) is 24.5 Å². The van der Waals surface area contributed by atoms with Crippen molar-refractivity contribution in [2.45, 2.75) is 36.8 Å². The largest absolute Gasteiger partial charge is 0.452 e. The highest BCUT2D eigenvalue weighted by Gasteiger charge is 2.33. The lowest BCUT2D eigenvalue weighted by Gasteiger charge is -2.20. The predicted octanol–water partition coefficient (Wildman–Crippen LogP) is 3.97. The number of nitro groups is 1. The molecule has 0 radical (unpaired) electrons. The van der Waals surface area contributed by atoms with Gasteiger partial charge in [0, 0.05) is 19.2 Å². The molecule has 1 heterocycles. The predicted molar refractivity (Wildman–Crippen MR) is 121 cm³/mol. The Morgan fingerprint density at radius 1 is 1.06 bits per heavy atom. The Hall–Kier alpha value is -3.52. The number of ether oxygens (including phenoxy) is 1. The SMILES string of the molecule is O=C(COC(=O)c1cccc(S(=O)(=O)N2CCCCCC2)c1)Nc1ccc(C(F)(F)F)cc1[N+](=O)[O-]. The lowest BCUT2D eigenvalue weighted by atomic mass is 10.1. The smallest absolute Gasteiger partial charge is 0.416 e. The Kier molecular flexibility index (Phi) is 8.30. The van der Waals surface area contributed by atoms with E-state index in [2.05, 4.69) is 0 Å². The Morgan fingerprint density at radius 2 is 1.72 bits per heavy atom. The highest BCUT2D eigenvalue weighted by atomic mass is 32.2. The average molecular weight is 529 g/mol. The highest BCUT2D eigenvalue weighted by Crippen LogP contribution is 2.35. The van der Waals surface area contributed by atoms with Crippen LogP contribution >= 0.6 is 0 Å². The number of nitrogens with zero attached hydrogens (tertiary/aromatic N) is 2. The number of hydrogen-bond acceptors (Lipinski definition) is 7. The van der Waals surface area contributed by atoms with Gasteiger partial charge in [-0.25, -0.2) is 13.2 Å². The first-order chi connectivity index (χ1) is 16.9. The maximum Gasteiger partial charge on any atom is 0.416 e. The van der Waals surface area contributed by atoms with Gasteiger partial charge >= 0.3 is 12.1 Å². The fourth-order valence-electron chi connectivity index (χ4n) is 3.58. The summed E-state index contributed by atoms with van der Waals surface area (Å²) in [4.78, 5) is 34.5. The number of sulfonamides is 1. The van der Waals surface area contributed by atoms with Crippen molar-refractivity contribution in [1.82, 2.24) is 4.31 Å². The molecule has 1 aliphatic heterocycles. The molecule has 0 spiro atoms. The number of carbonyl (C=O) groups excluding carboxylic acids is 2. The van der Waals surface area contributed by atoms with Crippen molar-refractivity contribution < 1.29 is 40.8 Å². The minimum atomic E-state index is -4.82. The summed E-state index contributed by atoms with van der Waals surface area (Å²) in [5, 5.41) is 13.2. The summed E-state index contributed by atoms with van der Waals surface area (Å²) in [7, 11) is -3.84. The van der Waals surface area contributed by atoms with Gasteiger partial charge in [-0.15, -0.1) is 0 Å². The maximum atomic E-state index is 12.9. The van der Waals surface area contributed by atoms with E-state index in [0.29, 0.717) is 19.2 Å². The second kappa shape index (κ2) is 11.0. The van der Waals surface area contributed by atoms with Crippen LogP contribution in [0.1, 0.15) is 41.6 Å². The van der Waals surface area contributed by atoms with Crippen molar-refractivity contribution in [1.29, 1.82) is 0 Å². The minimum absolute atomic E-state index is 0.108. The topological polar surface area (TPSA) is 136 Å². The number of anilines is 1. The van der Waals surface area contributed by atoms with E-state index in [4.69, 9.17) is 4.74 Å². The number of hydrogen-bond donors (Lipinski definition) is 1. The number of benzene rings is 2. The van der Waals surface area contributed by atoms with Gasteiger partial charge in [-0.2, -0.15) is 17.5 Å². The minimum Gasteiger partial charge on any atom is -0.452 e. The van der Waals surface area contributed by atoms with Gasteiger partial charge in [0.1, 0.15) is 5.69 Å². The lowest BCUT2D eigenvalue weighted by molar-refractivity contribution is -0.384. The zero-order valence-electron chi connectivity index (χ0n) is 18.8. The van der Waals surface area contributed by atoms with Crippen molar-refractivity contribution in [2.24, 2.45) is 0 Å². The number of alkyl halides is 3. The molecule has 1 fully saturated rings. The average Bonchev–Trinajstić information content (AvgIpc) is 3.12. The molecule has 2 aromatic rings. The first-order valence-electron chi connectivity index (χ1n) is 10.8. The standard InChI is InChI=1S/C22H22F3N3O7S/c23-22(24,25)16-8-9-18(19(13-16)28(31)32)26-20(29)14-35-21(30)15-6-5-7-17(12-15)36(33,34)27-10-3-1-2-4-11-27/h5-9,12-13H,1-4,10-11,14H2,(H,26,29). The Morgan fingerprint density at radius 3 is 2.33 bits per heavy atom. The monoisotopic (exact) mass is 529 g/mol. The summed E-state index contributed by atoms with van der Waals surface area (Å²) in [5.74, 6) is -2.07. The molecule has 3 rings (SSSR count). The molecule has 0 saturated carbocycles. The molecule has 2 aromatic carbocycles. The molecule has 1 amide bonds. The summed E-state index contributed by atoms with van der Waals surface area (Å²) in [5.41, 5.74) is -2.91. The Balaban J connectivity index is 1.67. The van der Waals surface area contributed by atoms with Gasteiger partial charge in [-0.3, -0.25) is 14.9 Å².